The molecule has 0 unspecified atom stereocenters. The Hall–Kier alpha value is -2.33. The van der Waals surface area contributed by atoms with Crippen LogP contribution in [0.1, 0.15) is 18.2 Å². The summed E-state index contributed by atoms with van der Waals surface area (Å²) in [5.74, 6) is 1.55. The first-order valence-electron chi connectivity index (χ1n) is 7.67. The molecule has 3 aromatic rings. The fraction of sp³-hybridized carbons (Fsp3) is 0.278. The Bertz CT molecular complexity index is 801. The van der Waals surface area contributed by atoms with Gasteiger partial charge in [-0.05, 0) is 35.8 Å². The number of nitrogens with one attached hydrogen (secondary N) is 1. The van der Waals surface area contributed by atoms with E-state index >= 15 is 0 Å². The number of rotatable bonds is 3. The lowest BCUT2D eigenvalue weighted by atomic mass is 9.96. The van der Waals surface area contributed by atoms with Crippen LogP contribution in [0.3, 0.4) is 0 Å². The number of hydrogen-bond donors (Lipinski definition) is 1. The summed E-state index contributed by atoms with van der Waals surface area (Å²) in [6.45, 7) is 5.12. The molecule has 0 aromatic carbocycles. The number of furan rings is 1. The van der Waals surface area contributed by atoms with Crippen LogP contribution in [-0.2, 0) is 6.54 Å². The molecular formula is C18H19N3O. The molecule has 1 aliphatic heterocycles. The molecule has 1 atom stereocenters. The van der Waals surface area contributed by atoms with Crippen LogP contribution in [0.4, 0.5) is 0 Å². The van der Waals surface area contributed by atoms with Gasteiger partial charge in [-0.3, -0.25) is 4.90 Å². The Morgan fingerprint density at radius 3 is 3.18 bits per heavy atom. The Morgan fingerprint density at radius 1 is 1.36 bits per heavy atom. The van der Waals surface area contributed by atoms with E-state index in [1.54, 1.807) is 6.26 Å². The summed E-state index contributed by atoms with van der Waals surface area (Å²) in [7, 11) is 0. The van der Waals surface area contributed by atoms with Gasteiger partial charge in [0.25, 0.3) is 0 Å². The second-order valence-electron chi connectivity index (χ2n) is 6.02. The maximum absolute atomic E-state index is 5.49. The fourth-order valence-electron chi connectivity index (χ4n) is 3.30. The molecule has 0 radical (unpaired) electrons. The van der Waals surface area contributed by atoms with Gasteiger partial charge in [0.15, 0.2) is 0 Å². The normalized spacial score (nSPS) is 19.5. The van der Waals surface area contributed by atoms with Crippen LogP contribution in [0, 0.1) is 5.92 Å². The molecule has 0 fully saturated rings. The lowest BCUT2D eigenvalue weighted by molar-refractivity contribution is 0.243. The largest absolute Gasteiger partial charge is 0.468 e. The van der Waals surface area contributed by atoms with Crippen molar-refractivity contribution >= 4 is 16.6 Å². The van der Waals surface area contributed by atoms with E-state index < -0.39 is 0 Å². The van der Waals surface area contributed by atoms with Crippen LogP contribution in [0.15, 0.2) is 53.4 Å². The number of nitrogens with zero attached hydrogens (tertiary/aromatic N) is 2. The summed E-state index contributed by atoms with van der Waals surface area (Å²) < 4.78 is 5.49. The number of aromatic amines is 1. The lowest BCUT2D eigenvalue weighted by Gasteiger charge is -2.30. The first-order chi connectivity index (χ1) is 10.8. The zero-order valence-electron chi connectivity index (χ0n) is 12.6. The average molecular weight is 293 g/mol. The zero-order valence-corrected chi connectivity index (χ0v) is 12.6. The molecule has 1 N–H and O–H groups in total. The lowest BCUT2D eigenvalue weighted by Crippen LogP contribution is -2.32. The van der Waals surface area contributed by atoms with Crippen LogP contribution >= 0.6 is 0 Å². The number of H-pyrrole nitrogens is 1. The third-order valence-electron chi connectivity index (χ3n) is 4.18. The molecule has 4 rings (SSSR count). The predicted octanol–water partition coefficient (Wildman–Crippen LogP) is 3.69. The summed E-state index contributed by atoms with van der Waals surface area (Å²) in [5.41, 5.74) is 3.58. The molecule has 4 heterocycles. The second kappa shape index (κ2) is 5.46. The molecule has 112 valence electrons. The molecule has 0 aliphatic carbocycles. The van der Waals surface area contributed by atoms with E-state index in [1.165, 1.54) is 16.5 Å². The molecule has 0 bridgehead atoms. The van der Waals surface area contributed by atoms with E-state index in [4.69, 9.17) is 4.42 Å². The fourth-order valence-corrected chi connectivity index (χ4v) is 3.30. The quantitative estimate of drug-likeness (QED) is 0.801. The molecule has 22 heavy (non-hydrogen) atoms. The summed E-state index contributed by atoms with van der Waals surface area (Å²) in [6.07, 6.45) is 8.02. The van der Waals surface area contributed by atoms with Crippen molar-refractivity contribution in [1.29, 1.82) is 0 Å². The van der Waals surface area contributed by atoms with Gasteiger partial charge in [0, 0.05) is 36.4 Å². The molecule has 0 amide bonds. The molecule has 0 saturated heterocycles. The van der Waals surface area contributed by atoms with Gasteiger partial charge >= 0.3 is 0 Å². The topological polar surface area (TPSA) is 45.1 Å². The van der Waals surface area contributed by atoms with Gasteiger partial charge in [-0.15, -0.1) is 0 Å². The van der Waals surface area contributed by atoms with E-state index in [-0.39, 0.29) is 0 Å². The molecule has 3 aromatic heterocycles. The van der Waals surface area contributed by atoms with Crippen molar-refractivity contribution in [3.05, 3.63) is 60.3 Å². The van der Waals surface area contributed by atoms with Crippen LogP contribution in [0.5, 0.6) is 0 Å². The Kier molecular flexibility index (Phi) is 3.31. The van der Waals surface area contributed by atoms with Crippen molar-refractivity contribution in [3.63, 3.8) is 0 Å². The first-order valence-corrected chi connectivity index (χ1v) is 7.67. The predicted molar refractivity (Wildman–Crippen MR) is 87.2 cm³/mol. The summed E-state index contributed by atoms with van der Waals surface area (Å²) in [5, 5.41) is 1.20. The minimum Gasteiger partial charge on any atom is -0.468 e. The molecule has 4 heteroatoms. The highest BCUT2D eigenvalue weighted by Crippen LogP contribution is 2.29. The highest BCUT2D eigenvalue weighted by molar-refractivity contribution is 5.91. The maximum atomic E-state index is 5.49. The SMILES string of the molecule is C[C@H]1C=C(c2c[nH]c3ncccc23)CN(Cc2ccco2)C1. The average Bonchev–Trinajstić information content (AvgIpc) is 3.15. The van der Waals surface area contributed by atoms with Crippen LogP contribution in [0.25, 0.3) is 16.6 Å². The molecule has 0 spiro atoms. The van der Waals surface area contributed by atoms with E-state index in [0.717, 1.165) is 31.0 Å². The van der Waals surface area contributed by atoms with Crippen molar-refractivity contribution in [2.24, 2.45) is 5.92 Å². The highest BCUT2D eigenvalue weighted by Gasteiger charge is 2.21. The summed E-state index contributed by atoms with van der Waals surface area (Å²) in [4.78, 5) is 10.1. The Labute approximate surface area is 129 Å². The monoisotopic (exact) mass is 293 g/mol. The van der Waals surface area contributed by atoms with E-state index in [2.05, 4.69) is 40.1 Å². The van der Waals surface area contributed by atoms with Crippen LogP contribution < -0.4 is 0 Å². The van der Waals surface area contributed by atoms with Crippen molar-refractivity contribution in [1.82, 2.24) is 14.9 Å². The number of fused-ring (bicyclic) bond motifs is 1. The summed E-state index contributed by atoms with van der Waals surface area (Å²) >= 11 is 0. The Balaban J connectivity index is 1.63. The number of aromatic nitrogens is 2. The van der Waals surface area contributed by atoms with Gasteiger partial charge in [-0.25, -0.2) is 4.98 Å². The van der Waals surface area contributed by atoms with Gasteiger partial charge in [0.05, 0.1) is 12.8 Å². The molecule has 1 aliphatic rings. The number of pyridine rings is 1. The minimum absolute atomic E-state index is 0.528. The molecule has 4 nitrogen and oxygen atoms in total. The second-order valence-corrected chi connectivity index (χ2v) is 6.02. The van der Waals surface area contributed by atoms with E-state index in [1.807, 2.05) is 24.4 Å². The maximum Gasteiger partial charge on any atom is 0.137 e. The van der Waals surface area contributed by atoms with E-state index in [9.17, 15) is 0 Å². The Morgan fingerprint density at radius 2 is 2.32 bits per heavy atom. The summed E-state index contributed by atoms with van der Waals surface area (Å²) in [6, 6.07) is 8.11. The van der Waals surface area contributed by atoms with Gasteiger partial charge in [-0.2, -0.15) is 0 Å². The van der Waals surface area contributed by atoms with Gasteiger partial charge in [0.1, 0.15) is 11.4 Å². The minimum atomic E-state index is 0.528. The van der Waals surface area contributed by atoms with E-state index in [0.29, 0.717) is 5.92 Å². The van der Waals surface area contributed by atoms with Crippen molar-refractivity contribution in [3.8, 4) is 0 Å². The third kappa shape index (κ3) is 2.46. The number of hydrogen-bond acceptors (Lipinski definition) is 3. The van der Waals surface area contributed by atoms with Gasteiger partial charge in [-0.1, -0.05) is 13.0 Å². The van der Waals surface area contributed by atoms with Crippen LogP contribution in [-0.4, -0.2) is 28.0 Å². The molecular weight excluding hydrogens is 274 g/mol. The van der Waals surface area contributed by atoms with Gasteiger partial charge in [0.2, 0.25) is 0 Å². The highest BCUT2D eigenvalue weighted by atomic mass is 16.3. The third-order valence-corrected chi connectivity index (χ3v) is 4.18. The smallest absolute Gasteiger partial charge is 0.137 e. The molecule has 0 saturated carbocycles. The van der Waals surface area contributed by atoms with Crippen LogP contribution in [0.2, 0.25) is 0 Å². The standard InChI is InChI=1S/C18H19N3O/c1-13-8-14(11-21(10-13)12-15-4-3-7-22-15)17-9-20-18-16(17)5-2-6-19-18/h2-9,13H,10-12H2,1H3,(H,19,20)/t13-/m0/s1. The first kappa shape index (κ1) is 13.3. The van der Waals surface area contributed by atoms with Crippen molar-refractivity contribution in [2.75, 3.05) is 13.1 Å². The van der Waals surface area contributed by atoms with Crippen molar-refractivity contribution < 1.29 is 4.42 Å². The van der Waals surface area contributed by atoms with Crippen molar-refractivity contribution in [2.45, 2.75) is 13.5 Å². The van der Waals surface area contributed by atoms with Gasteiger partial charge < -0.3 is 9.40 Å². The zero-order chi connectivity index (χ0) is 14.9.